The van der Waals surface area contributed by atoms with Crippen LogP contribution in [0, 0.1) is 0 Å². The number of aliphatic hydroxyl groups is 5. The molecule has 1 aliphatic carbocycles. The standard InChI is InChI=1S/C32H54N6O13/c1-37-18-9-16(35)26(49-29-17(8-7-15(10-33)46-29)38-32(44)45-13-14-5-3-2-4-6-14)28(22(18)40)51-31-25(43)27(20(12-39)48-31)50-30-21(36)24(42)23(41)19(11-34)47-30/h2-6,15-31,37,39-43H,7-13,33-36H2,1H3,(H,38,44)/t15-,16-,17+,18+,19-,20+,21+,22-,23+,24+,25+,26+,27+,28+,29+,30+,31-/m0/s1. The molecule has 290 valence electrons. The number of alkyl carbamates (subject to hydrolysis) is 1. The van der Waals surface area contributed by atoms with Crippen molar-refractivity contribution in [1.82, 2.24) is 10.6 Å². The van der Waals surface area contributed by atoms with Crippen molar-refractivity contribution < 1.29 is 63.5 Å². The van der Waals surface area contributed by atoms with Gasteiger partial charge in [0.1, 0.15) is 55.4 Å². The summed E-state index contributed by atoms with van der Waals surface area (Å²) in [7, 11) is 1.65. The molecule has 3 aliphatic heterocycles. The molecule has 1 aromatic rings. The first-order chi connectivity index (χ1) is 24.5. The van der Waals surface area contributed by atoms with Gasteiger partial charge in [-0.2, -0.15) is 0 Å². The van der Waals surface area contributed by atoms with Gasteiger partial charge in [0.15, 0.2) is 18.9 Å². The third-order valence-electron chi connectivity index (χ3n) is 9.95. The number of hydrogen-bond acceptors (Lipinski definition) is 18. The van der Waals surface area contributed by atoms with Gasteiger partial charge in [-0.25, -0.2) is 4.79 Å². The molecule has 1 saturated carbocycles. The van der Waals surface area contributed by atoms with E-state index in [1.807, 2.05) is 30.3 Å². The minimum Gasteiger partial charge on any atom is -0.445 e. The van der Waals surface area contributed by atoms with Gasteiger partial charge in [0.25, 0.3) is 0 Å². The molecule has 0 bridgehead atoms. The first kappa shape index (κ1) is 40.0. The lowest BCUT2D eigenvalue weighted by Gasteiger charge is -2.47. The number of rotatable bonds is 13. The summed E-state index contributed by atoms with van der Waals surface area (Å²) in [4.78, 5) is 12.8. The molecule has 5 rings (SSSR count). The van der Waals surface area contributed by atoms with Gasteiger partial charge in [-0.15, -0.1) is 0 Å². The van der Waals surface area contributed by atoms with Crippen LogP contribution in [0.5, 0.6) is 0 Å². The van der Waals surface area contributed by atoms with Crippen molar-refractivity contribution in [2.24, 2.45) is 22.9 Å². The zero-order chi connectivity index (χ0) is 36.8. The van der Waals surface area contributed by atoms with Crippen LogP contribution in [-0.4, -0.2) is 162 Å². The molecule has 4 fully saturated rings. The number of carbonyl (C=O) groups is 1. The smallest absolute Gasteiger partial charge is 0.407 e. The van der Waals surface area contributed by atoms with Crippen molar-refractivity contribution in [3.63, 3.8) is 0 Å². The Kier molecular flexibility index (Phi) is 14.3. The molecule has 1 amide bonds. The summed E-state index contributed by atoms with van der Waals surface area (Å²) >= 11 is 0. The zero-order valence-corrected chi connectivity index (χ0v) is 28.5. The zero-order valence-electron chi connectivity index (χ0n) is 28.5. The van der Waals surface area contributed by atoms with E-state index >= 15 is 0 Å². The summed E-state index contributed by atoms with van der Waals surface area (Å²) in [5.41, 5.74) is 25.1. The molecule has 19 heteroatoms. The predicted molar refractivity (Wildman–Crippen MR) is 176 cm³/mol. The fourth-order valence-electron chi connectivity index (χ4n) is 6.94. The maximum absolute atomic E-state index is 12.8. The van der Waals surface area contributed by atoms with E-state index in [0.29, 0.717) is 12.8 Å². The maximum atomic E-state index is 12.8. The molecular formula is C32H54N6O13. The molecule has 0 radical (unpaired) electrons. The molecule has 0 spiro atoms. The van der Waals surface area contributed by atoms with Crippen molar-refractivity contribution in [2.75, 3.05) is 26.7 Å². The third kappa shape index (κ3) is 9.33. The number of hydrogen-bond donors (Lipinski definition) is 11. The molecule has 0 unspecified atom stereocenters. The topological polar surface area (TPSA) is 311 Å². The van der Waals surface area contributed by atoms with Gasteiger partial charge in [0.05, 0.1) is 30.9 Å². The Hall–Kier alpha value is -2.15. The molecule has 17 atom stereocenters. The lowest BCUT2D eigenvalue weighted by atomic mass is 9.84. The minimum atomic E-state index is -1.57. The quantitative estimate of drug-likeness (QED) is 0.0909. The summed E-state index contributed by atoms with van der Waals surface area (Å²) in [6.07, 6.45) is -15.1. The minimum absolute atomic E-state index is 0.0520. The van der Waals surface area contributed by atoms with Gasteiger partial charge in [-0.3, -0.25) is 0 Å². The Morgan fingerprint density at radius 2 is 1.49 bits per heavy atom. The van der Waals surface area contributed by atoms with Gasteiger partial charge in [0.2, 0.25) is 0 Å². The number of nitrogens with one attached hydrogen (secondary N) is 2. The van der Waals surface area contributed by atoms with Crippen LogP contribution in [0.25, 0.3) is 0 Å². The van der Waals surface area contributed by atoms with E-state index in [0.717, 1.165) is 5.56 Å². The average Bonchev–Trinajstić information content (AvgIpc) is 3.44. The Morgan fingerprint density at radius 1 is 0.804 bits per heavy atom. The van der Waals surface area contributed by atoms with Crippen LogP contribution in [0.15, 0.2) is 30.3 Å². The Morgan fingerprint density at radius 3 is 2.16 bits per heavy atom. The summed E-state index contributed by atoms with van der Waals surface area (Å²) < 4.78 is 41.6. The summed E-state index contributed by atoms with van der Waals surface area (Å²) in [5.74, 6) is 0. The van der Waals surface area contributed by atoms with E-state index in [1.165, 1.54) is 0 Å². The van der Waals surface area contributed by atoms with E-state index in [4.69, 9.17) is 56.1 Å². The normalized spacial score (nSPS) is 43.1. The number of nitrogens with two attached hydrogens (primary N) is 4. The maximum Gasteiger partial charge on any atom is 0.407 e. The molecule has 4 aliphatic rings. The van der Waals surface area contributed by atoms with Crippen LogP contribution >= 0.6 is 0 Å². The highest BCUT2D eigenvalue weighted by Gasteiger charge is 2.54. The van der Waals surface area contributed by atoms with E-state index in [2.05, 4.69) is 10.6 Å². The molecule has 3 saturated heterocycles. The molecule has 1 aromatic carbocycles. The highest BCUT2D eigenvalue weighted by Crippen LogP contribution is 2.34. The van der Waals surface area contributed by atoms with Gasteiger partial charge in [-0.1, -0.05) is 30.3 Å². The van der Waals surface area contributed by atoms with Crippen LogP contribution in [0.3, 0.4) is 0 Å². The van der Waals surface area contributed by atoms with E-state index < -0.39 is 117 Å². The number of aliphatic hydroxyl groups excluding tert-OH is 5. The third-order valence-corrected chi connectivity index (χ3v) is 9.95. The molecular weight excluding hydrogens is 676 g/mol. The van der Waals surface area contributed by atoms with E-state index in [-0.39, 0.29) is 26.1 Å². The average molecular weight is 731 g/mol. The fraction of sp³-hybridized carbons (Fsp3) is 0.781. The lowest BCUT2D eigenvalue weighted by molar-refractivity contribution is -0.290. The molecule has 0 aromatic heterocycles. The van der Waals surface area contributed by atoms with E-state index in [1.54, 1.807) is 7.05 Å². The second kappa shape index (κ2) is 18.3. The van der Waals surface area contributed by atoms with Crippen molar-refractivity contribution in [1.29, 1.82) is 0 Å². The van der Waals surface area contributed by atoms with Gasteiger partial charge in [-0.05, 0) is 31.9 Å². The number of amides is 1. The van der Waals surface area contributed by atoms with Crippen LogP contribution in [0.1, 0.15) is 24.8 Å². The van der Waals surface area contributed by atoms with Crippen LogP contribution < -0.4 is 33.6 Å². The van der Waals surface area contributed by atoms with Crippen LogP contribution in [-0.2, 0) is 39.8 Å². The summed E-state index contributed by atoms with van der Waals surface area (Å²) in [6.45, 7) is -0.532. The van der Waals surface area contributed by atoms with Crippen LogP contribution in [0.4, 0.5) is 4.79 Å². The Bertz CT molecular complexity index is 1230. The SMILES string of the molecule is CN[C@@H]1C[C@H](N)[C@@H](O[C@H]2O[C@H](CN)CC[C@H]2NC(=O)OCc2ccccc2)[C@H](O[C@@H]2O[C@H](CO)[C@@H](O[C@H]3O[C@@H](CN)[C@@H](O)[C@H](O)[C@H]3N)[C@H]2O)[C@H]1O. The van der Waals surface area contributed by atoms with Gasteiger partial charge < -0.3 is 92.3 Å². The number of ether oxygens (including phenoxy) is 7. The summed E-state index contributed by atoms with van der Waals surface area (Å²) in [5, 5.41) is 59.5. The van der Waals surface area contributed by atoms with Gasteiger partial charge >= 0.3 is 6.09 Å². The second-order valence-electron chi connectivity index (χ2n) is 13.4. The number of likely N-dealkylation sites (N-methyl/N-ethyl adjacent to an activating group) is 1. The first-order valence-corrected chi connectivity index (χ1v) is 17.3. The highest BCUT2D eigenvalue weighted by molar-refractivity contribution is 5.67. The lowest BCUT2D eigenvalue weighted by Crippen LogP contribution is -2.66. The van der Waals surface area contributed by atoms with Gasteiger partial charge in [0, 0.05) is 25.2 Å². The molecule has 15 N–H and O–H groups in total. The first-order valence-electron chi connectivity index (χ1n) is 17.3. The fourth-order valence-corrected chi connectivity index (χ4v) is 6.94. The van der Waals surface area contributed by atoms with Crippen molar-refractivity contribution in [3.8, 4) is 0 Å². The molecule has 19 nitrogen and oxygen atoms in total. The number of carbonyl (C=O) groups excluding carboxylic acids is 1. The predicted octanol–water partition coefficient (Wildman–Crippen LogP) is -4.61. The monoisotopic (exact) mass is 730 g/mol. The van der Waals surface area contributed by atoms with Crippen LogP contribution in [0.2, 0.25) is 0 Å². The highest BCUT2D eigenvalue weighted by atomic mass is 16.8. The largest absolute Gasteiger partial charge is 0.445 e. The van der Waals surface area contributed by atoms with Crippen molar-refractivity contribution in [3.05, 3.63) is 35.9 Å². The molecule has 51 heavy (non-hydrogen) atoms. The Labute approximate surface area is 295 Å². The summed E-state index contributed by atoms with van der Waals surface area (Å²) in [6, 6.07) is 5.99. The van der Waals surface area contributed by atoms with Crippen molar-refractivity contribution >= 4 is 6.09 Å². The molecule has 3 heterocycles. The van der Waals surface area contributed by atoms with E-state index in [9.17, 15) is 30.3 Å². The number of benzene rings is 1. The Balaban J connectivity index is 1.30. The van der Waals surface area contributed by atoms with Crippen molar-refractivity contribution in [2.45, 2.75) is 130 Å². The second-order valence-corrected chi connectivity index (χ2v) is 13.4.